The molecule has 0 saturated carbocycles. The van der Waals surface area contributed by atoms with Gasteiger partial charge in [0.2, 0.25) is 0 Å². The highest BCUT2D eigenvalue weighted by Gasteiger charge is 2.39. The first-order valence-electron chi connectivity index (χ1n) is 6.94. The Morgan fingerprint density at radius 3 is 1.84 bits per heavy atom. The van der Waals surface area contributed by atoms with Crippen LogP contribution in [0, 0.1) is 0 Å². The number of hydrogen-bond acceptors (Lipinski definition) is 4. The van der Waals surface area contributed by atoms with Gasteiger partial charge in [-0.1, -0.05) is 0 Å². The number of carbonyl (C=O) groups is 1. The highest BCUT2D eigenvalue weighted by Crippen LogP contribution is 2.18. The number of hydrogen-bond donors (Lipinski definition) is 1. The van der Waals surface area contributed by atoms with E-state index >= 15 is 0 Å². The van der Waals surface area contributed by atoms with E-state index in [1.165, 1.54) is 4.90 Å². The maximum atomic E-state index is 10.9. The van der Waals surface area contributed by atoms with E-state index in [0.29, 0.717) is 45.4 Å². The van der Waals surface area contributed by atoms with Crippen LogP contribution >= 0.6 is 0 Å². The lowest BCUT2D eigenvalue weighted by Gasteiger charge is -2.29. The van der Waals surface area contributed by atoms with Crippen molar-refractivity contribution in [3.05, 3.63) is 0 Å². The molecule has 114 valence electrons. The molecule has 6 nitrogen and oxygen atoms in total. The van der Waals surface area contributed by atoms with Crippen LogP contribution in [0.3, 0.4) is 0 Å². The summed E-state index contributed by atoms with van der Waals surface area (Å²) in [5.41, 5.74) is 0. The van der Waals surface area contributed by atoms with Crippen LogP contribution in [0.4, 0.5) is 4.79 Å². The molecular weight excluding hydrogens is 266 g/mol. The fraction of sp³-hybridized carbons (Fsp3) is 0.917. The van der Waals surface area contributed by atoms with E-state index in [4.69, 9.17) is 18.4 Å². The van der Waals surface area contributed by atoms with Gasteiger partial charge in [0.05, 0.1) is 0 Å². The minimum absolute atomic E-state index is 0.480. The van der Waals surface area contributed by atoms with E-state index < -0.39 is 14.9 Å². The summed E-state index contributed by atoms with van der Waals surface area (Å²) in [6, 6.07) is 0.645. The summed E-state index contributed by atoms with van der Waals surface area (Å²) < 4.78 is 17.1. The maximum absolute atomic E-state index is 10.9. The Morgan fingerprint density at radius 1 is 1.05 bits per heavy atom. The van der Waals surface area contributed by atoms with Gasteiger partial charge in [-0.25, -0.2) is 4.79 Å². The molecule has 0 saturated heterocycles. The van der Waals surface area contributed by atoms with Gasteiger partial charge in [-0.3, -0.25) is 0 Å². The zero-order valence-corrected chi connectivity index (χ0v) is 13.5. The topological polar surface area (TPSA) is 68.2 Å². The average molecular weight is 293 g/mol. The smallest absolute Gasteiger partial charge is 0.465 e. The first kappa shape index (κ1) is 18.4. The largest absolute Gasteiger partial charge is 0.500 e. The Morgan fingerprint density at radius 2 is 1.53 bits per heavy atom. The highest BCUT2D eigenvalue weighted by molar-refractivity contribution is 6.60. The second-order valence-corrected chi connectivity index (χ2v) is 6.68. The van der Waals surface area contributed by atoms with E-state index in [1.807, 2.05) is 27.7 Å². The molecule has 0 aromatic carbocycles. The van der Waals surface area contributed by atoms with E-state index in [2.05, 4.69) is 0 Å². The summed E-state index contributed by atoms with van der Waals surface area (Å²) in [7, 11) is -2.63. The molecule has 0 bridgehead atoms. The van der Waals surface area contributed by atoms with Crippen LogP contribution in [0.2, 0.25) is 6.04 Å². The lowest BCUT2D eigenvalue weighted by atomic mass is 10.4. The molecule has 7 heteroatoms. The fourth-order valence-corrected chi connectivity index (χ4v) is 4.47. The Kier molecular flexibility index (Phi) is 9.85. The van der Waals surface area contributed by atoms with Crippen molar-refractivity contribution in [3.8, 4) is 0 Å². The number of amides is 1. The van der Waals surface area contributed by atoms with E-state index in [0.717, 1.165) is 0 Å². The average Bonchev–Trinajstić information content (AvgIpc) is 2.35. The molecule has 0 heterocycles. The fourth-order valence-electron chi connectivity index (χ4n) is 1.88. The SMILES string of the molecule is CCO[Si](CCCN(CC)C(=O)O)(OCC)OCC. The van der Waals surface area contributed by atoms with Gasteiger partial charge in [-0.05, 0) is 34.1 Å². The molecule has 1 N–H and O–H groups in total. The molecule has 0 aromatic heterocycles. The molecular formula is C12H27NO5Si. The summed E-state index contributed by atoms with van der Waals surface area (Å²) >= 11 is 0. The van der Waals surface area contributed by atoms with Crippen molar-refractivity contribution < 1.29 is 23.2 Å². The molecule has 0 radical (unpaired) electrons. The van der Waals surface area contributed by atoms with Crippen LogP contribution in [-0.4, -0.2) is 57.8 Å². The number of nitrogens with zero attached hydrogens (tertiary/aromatic N) is 1. The minimum Gasteiger partial charge on any atom is -0.465 e. The monoisotopic (exact) mass is 293 g/mol. The standard InChI is InChI=1S/C12H27NO5Si/c1-5-13(12(14)15)10-9-11-19(16-6-2,17-7-3)18-8-4/h5-11H2,1-4H3,(H,14,15). The van der Waals surface area contributed by atoms with Gasteiger partial charge in [-0.2, -0.15) is 0 Å². The summed E-state index contributed by atoms with van der Waals surface area (Å²) in [5.74, 6) is 0. The summed E-state index contributed by atoms with van der Waals surface area (Å²) in [6.45, 7) is 10.2. The van der Waals surface area contributed by atoms with Crippen molar-refractivity contribution in [2.24, 2.45) is 0 Å². The van der Waals surface area contributed by atoms with Gasteiger partial charge >= 0.3 is 14.9 Å². The van der Waals surface area contributed by atoms with Crippen molar-refractivity contribution in [1.82, 2.24) is 4.90 Å². The second kappa shape index (κ2) is 10.2. The minimum atomic E-state index is -2.63. The van der Waals surface area contributed by atoms with Gasteiger partial charge in [0, 0.05) is 39.0 Å². The van der Waals surface area contributed by atoms with Crippen molar-refractivity contribution in [1.29, 1.82) is 0 Å². The molecule has 0 aliphatic heterocycles. The predicted molar refractivity (Wildman–Crippen MR) is 75.3 cm³/mol. The van der Waals surface area contributed by atoms with Crippen LogP contribution in [0.15, 0.2) is 0 Å². The quantitative estimate of drug-likeness (QED) is 0.593. The Hall–Kier alpha value is -0.633. The maximum Gasteiger partial charge on any atom is 0.500 e. The summed E-state index contributed by atoms with van der Waals surface area (Å²) in [5, 5.41) is 8.96. The zero-order chi connectivity index (χ0) is 14.7. The van der Waals surface area contributed by atoms with Gasteiger partial charge in [0.15, 0.2) is 0 Å². The highest BCUT2D eigenvalue weighted by atomic mass is 28.4. The third-order valence-electron chi connectivity index (χ3n) is 2.66. The Balaban J connectivity index is 4.41. The van der Waals surface area contributed by atoms with Crippen LogP contribution in [0.5, 0.6) is 0 Å². The van der Waals surface area contributed by atoms with E-state index in [-0.39, 0.29) is 0 Å². The lowest BCUT2D eigenvalue weighted by Crippen LogP contribution is -2.46. The molecule has 0 unspecified atom stereocenters. The Bertz CT molecular complexity index is 235. The van der Waals surface area contributed by atoms with Crippen molar-refractivity contribution in [2.75, 3.05) is 32.9 Å². The summed E-state index contributed by atoms with van der Waals surface area (Å²) in [6.07, 6.45) is -0.203. The predicted octanol–water partition coefficient (Wildman–Crippen LogP) is 2.42. The molecule has 0 fully saturated rings. The second-order valence-electron chi connectivity index (χ2n) is 3.95. The molecule has 0 spiro atoms. The third kappa shape index (κ3) is 6.91. The summed E-state index contributed by atoms with van der Waals surface area (Å²) in [4.78, 5) is 12.3. The van der Waals surface area contributed by atoms with Crippen molar-refractivity contribution in [2.45, 2.75) is 40.2 Å². The van der Waals surface area contributed by atoms with Gasteiger partial charge < -0.3 is 23.3 Å². The van der Waals surface area contributed by atoms with E-state index in [1.54, 1.807) is 0 Å². The van der Waals surface area contributed by atoms with Crippen LogP contribution in [-0.2, 0) is 13.3 Å². The first-order valence-corrected chi connectivity index (χ1v) is 8.88. The molecule has 1 amide bonds. The molecule has 0 atom stereocenters. The normalized spacial score (nSPS) is 11.6. The molecule has 19 heavy (non-hydrogen) atoms. The van der Waals surface area contributed by atoms with Crippen LogP contribution in [0.1, 0.15) is 34.1 Å². The number of rotatable bonds is 11. The van der Waals surface area contributed by atoms with Crippen LogP contribution in [0.25, 0.3) is 0 Å². The Labute approximate surface area is 117 Å². The molecule has 0 aromatic rings. The van der Waals surface area contributed by atoms with Gasteiger partial charge in [-0.15, -0.1) is 0 Å². The van der Waals surface area contributed by atoms with Crippen molar-refractivity contribution in [3.63, 3.8) is 0 Å². The van der Waals surface area contributed by atoms with Gasteiger partial charge in [0.25, 0.3) is 0 Å². The van der Waals surface area contributed by atoms with Crippen molar-refractivity contribution >= 4 is 14.9 Å². The molecule has 0 rings (SSSR count). The lowest BCUT2D eigenvalue weighted by molar-refractivity contribution is 0.0696. The zero-order valence-electron chi connectivity index (χ0n) is 12.5. The molecule has 0 aliphatic carbocycles. The third-order valence-corrected chi connectivity index (χ3v) is 5.81. The van der Waals surface area contributed by atoms with Crippen LogP contribution < -0.4 is 0 Å². The first-order chi connectivity index (χ1) is 9.05. The number of carboxylic acid groups (broad SMARTS) is 1. The van der Waals surface area contributed by atoms with Gasteiger partial charge in [0.1, 0.15) is 0 Å². The molecule has 0 aliphatic rings. The van der Waals surface area contributed by atoms with E-state index in [9.17, 15) is 4.79 Å².